The molecule has 2 aromatic carbocycles. The van der Waals surface area contributed by atoms with Crippen molar-refractivity contribution in [3.8, 4) is 0 Å². The average molecular weight is 323 g/mol. The molecule has 0 aliphatic rings. The van der Waals surface area contributed by atoms with Crippen LogP contribution in [0, 0.1) is 41.5 Å². The Balaban J connectivity index is 0.000000240. The maximum absolute atomic E-state index is 2.33. The van der Waals surface area contributed by atoms with Crippen molar-refractivity contribution in [3.63, 3.8) is 0 Å². The van der Waals surface area contributed by atoms with Crippen LogP contribution in [-0.2, 0) is 6.42 Å². The number of aryl methyl sites for hydroxylation is 7. The molecule has 0 heteroatoms. The second-order valence-corrected chi connectivity index (χ2v) is 6.91. The number of hydrogen-bond donors (Lipinski definition) is 0. The van der Waals surface area contributed by atoms with Gasteiger partial charge >= 0.3 is 0 Å². The highest BCUT2D eigenvalue weighted by molar-refractivity contribution is 5.55. The van der Waals surface area contributed by atoms with Gasteiger partial charge in [0.1, 0.15) is 0 Å². The number of rotatable bonds is 3. The molecule has 0 saturated carbocycles. The first kappa shape index (κ1) is 20.2. The van der Waals surface area contributed by atoms with Crippen molar-refractivity contribution in [3.05, 3.63) is 74.8 Å². The molecule has 0 amide bonds. The zero-order valence-corrected chi connectivity index (χ0v) is 16.9. The Morgan fingerprint density at radius 1 is 0.667 bits per heavy atom. The maximum Gasteiger partial charge on any atom is -0.0228 e. The molecule has 2 rings (SSSR count). The number of benzene rings is 2. The Labute approximate surface area is 149 Å². The minimum atomic E-state index is 1.22. The van der Waals surface area contributed by atoms with E-state index in [4.69, 9.17) is 0 Å². The number of hydrogen-bond acceptors (Lipinski definition) is 0. The lowest BCUT2D eigenvalue weighted by atomic mass is 9.98. The highest BCUT2D eigenvalue weighted by Crippen LogP contribution is 2.17. The first-order valence-electron chi connectivity index (χ1n) is 9.07. The van der Waals surface area contributed by atoms with Crippen LogP contribution < -0.4 is 0 Å². The zero-order chi connectivity index (χ0) is 18.3. The summed E-state index contributed by atoms with van der Waals surface area (Å²) in [6, 6.07) is 9.10. The Kier molecular flexibility index (Phi) is 7.98. The third-order valence-corrected chi connectivity index (χ3v) is 4.70. The summed E-state index contributed by atoms with van der Waals surface area (Å²) in [6.07, 6.45) is 6.69. The van der Waals surface area contributed by atoms with E-state index < -0.39 is 0 Å². The summed E-state index contributed by atoms with van der Waals surface area (Å²) in [4.78, 5) is 0. The minimum absolute atomic E-state index is 1.22. The smallest absolute Gasteiger partial charge is 0.0228 e. The first-order valence-corrected chi connectivity index (χ1v) is 9.07. The van der Waals surface area contributed by atoms with Crippen molar-refractivity contribution in [1.29, 1.82) is 0 Å². The third kappa shape index (κ3) is 5.67. The highest BCUT2D eigenvalue weighted by Gasteiger charge is 2.00. The third-order valence-electron chi connectivity index (χ3n) is 4.70. The lowest BCUT2D eigenvalue weighted by molar-refractivity contribution is 0.909. The minimum Gasteiger partial charge on any atom is -0.0871 e. The molecule has 0 aliphatic heterocycles. The van der Waals surface area contributed by atoms with E-state index in [1.54, 1.807) is 0 Å². The summed E-state index contributed by atoms with van der Waals surface area (Å²) in [5.41, 5.74) is 11.2. The van der Waals surface area contributed by atoms with Crippen LogP contribution in [0.25, 0.3) is 6.08 Å². The van der Waals surface area contributed by atoms with E-state index >= 15 is 0 Å². The molecule has 24 heavy (non-hydrogen) atoms. The normalized spacial score (nSPS) is 10.7. The Morgan fingerprint density at radius 2 is 1.17 bits per heavy atom. The monoisotopic (exact) mass is 322 g/mol. The fraction of sp³-hybridized carbons (Fsp3) is 0.417. The van der Waals surface area contributed by atoms with E-state index in [9.17, 15) is 0 Å². The molecule has 0 aliphatic carbocycles. The molecular weight excluding hydrogens is 288 g/mol. The molecule has 0 saturated heterocycles. The summed E-state index contributed by atoms with van der Waals surface area (Å²) in [7, 11) is 0. The standard InChI is InChI=1S/C12H18.C12H16/c2*1-5-6-12-8-10(3)9(2)7-11(12)4/h7-8H,5-6H2,1-4H3;5-8H,1-4H3/b;6-5+. The largest absolute Gasteiger partial charge is 0.0871 e. The lowest BCUT2D eigenvalue weighted by Gasteiger charge is -2.08. The predicted molar refractivity (Wildman–Crippen MR) is 110 cm³/mol. The van der Waals surface area contributed by atoms with Crippen LogP contribution in [0.15, 0.2) is 30.3 Å². The Bertz CT molecular complexity index is 702. The maximum atomic E-state index is 2.33. The number of allylic oxidation sites excluding steroid dienone is 1. The summed E-state index contributed by atoms with van der Waals surface area (Å²) in [6.45, 7) is 17.3. The van der Waals surface area contributed by atoms with Gasteiger partial charge in [-0.3, -0.25) is 0 Å². The SMILES string of the molecule is C/C=C/c1cc(C)c(C)cc1C.CCCc1cc(C)c(C)cc1C. The van der Waals surface area contributed by atoms with Gasteiger partial charge in [-0.15, -0.1) is 0 Å². The molecule has 0 bridgehead atoms. The molecule has 0 nitrogen and oxygen atoms in total. The highest BCUT2D eigenvalue weighted by atomic mass is 14.1. The van der Waals surface area contributed by atoms with Crippen molar-refractivity contribution < 1.29 is 0 Å². The van der Waals surface area contributed by atoms with Crippen LogP contribution in [0.3, 0.4) is 0 Å². The predicted octanol–water partition coefficient (Wildman–Crippen LogP) is 7.21. The van der Waals surface area contributed by atoms with Gasteiger partial charge in [-0.05, 0) is 99.4 Å². The summed E-state index contributed by atoms with van der Waals surface area (Å²) in [5.74, 6) is 0. The quantitative estimate of drug-likeness (QED) is 0.560. The summed E-state index contributed by atoms with van der Waals surface area (Å²) in [5, 5.41) is 0. The van der Waals surface area contributed by atoms with E-state index in [1.807, 2.05) is 0 Å². The Hall–Kier alpha value is -1.82. The molecule has 0 fully saturated rings. The van der Waals surface area contributed by atoms with Gasteiger partial charge in [0.15, 0.2) is 0 Å². The molecule has 0 unspecified atom stereocenters. The molecule has 0 atom stereocenters. The van der Waals surface area contributed by atoms with Gasteiger partial charge in [0.05, 0.1) is 0 Å². The van der Waals surface area contributed by atoms with E-state index in [2.05, 4.69) is 91.8 Å². The second-order valence-electron chi connectivity index (χ2n) is 6.91. The van der Waals surface area contributed by atoms with Crippen LogP contribution in [0.5, 0.6) is 0 Å². The van der Waals surface area contributed by atoms with E-state index in [-0.39, 0.29) is 0 Å². The van der Waals surface area contributed by atoms with Crippen LogP contribution in [0.2, 0.25) is 0 Å². The first-order chi connectivity index (χ1) is 11.3. The lowest BCUT2D eigenvalue weighted by Crippen LogP contribution is -1.92. The van der Waals surface area contributed by atoms with Gasteiger partial charge in [0, 0.05) is 0 Å². The molecule has 0 spiro atoms. The van der Waals surface area contributed by atoms with Crippen LogP contribution >= 0.6 is 0 Å². The van der Waals surface area contributed by atoms with Gasteiger partial charge in [-0.1, -0.05) is 49.8 Å². The summed E-state index contributed by atoms with van der Waals surface area (Å²) >= 11 is 0. The molecule has 2 aromatic rings. The van der Waals surface area contributed by atoms with Crippen LogP contribution in [0.1, 0.15) is 64.8 Å². The van der Waals surface area contributed by atoms with Gasteiger partial charge in [0.25, 0.3) is 0 Å². The van der Waals surface area contributed by atoms with Crippen LogP contribution in [0.4, 0.5) is 0 Å². The fourth-order valence-electron chi connectivity index (χ4n) is 2.90. The van der Waals surface area contributed by atoms with Gasteiger partial charge in [-0.25, -0.2) is 0 Å². The van der Waals surface area contributed by atoms with Crippen molar-refractivity contribution in [2.24, 2.45) is 0 Å². The fourth-order valence-corrected chi connectivity index (χ4v) is 2.90. The van der Waals surface area contributed by atoms with Crippen molar-refractivity contribution in [1.82, 2.24) is 0 Å². The molecule has 130 valence electrons. The molecule has 0 heterocycles. The van der Waals surface area contributed by atoms with E-state index in [1.165, 1.54) is 57.3 Å². The van der Waals surface area contributed by atoms with Gasteiger partial charge in [-0.2, -0.15) is 0 Å². The topological polar surface area (TPSA) is 0 Å². The average Bonchev–Trinajstić information content (AvgIpc) is 2.51. The molecule has 0 aromatic heterocycles. The van der Waals surface area contributed by atoms with Crippen molar-refractivity contribution in [2.75, 3.05) is 0 Å². The molecule has 0 N–H and O–H groups in total. The van der Waals surface area contributed by atoms with E-state index in [0.717, 1.165) is 0 Å². The van der Waals surface area contributed by atoms with Gasteiger partial charge in [0.2, 0.25) is 0 Å². The molecular formula is C24H34. The van der Waals surface area contributed by atoms with Crippen molar-refractivity contribution >= 4 is 6.08 Å². The van der Waals surface area contributed by atoms with Gasteiger partial charge < -0.3 is 0 Å². The van der Waals surface area contributed by atoms with Crippen molar-refractivity contribution in [2.45, 2.75) is 68.2 Å². The summed E-state index contributed by atoms with van der Waals surface area (Å²) < 4.78 is 0. The second kappa shape index (κ2) is 9.47. The van der Waals surface area contributed by atoms with Crippen LogP contribution in [-0.4, -0.2) is 0 Å². The Morgan fingerprint density at radius 3 is 1.71 bits per heavy atom. The van der Waals surface area contributed by atoms with E-state index in [0.29, 0.717) is 0 Å². The zero-order valence-electron chi connectivity index (χ0n) is 16.9. The molecule has 0 radical (unpaired) electrons.